The van der Waals surface area contributed by atoms with Gasteiger partial charge >= 0.3 is 39.5 Å². The average Bonchev–Trinajstić information content (AvgIpc) is 3.54. The number of carbonyl (C=O) groups excluding carboxylic acids is 4. The Morgan fingerprint density at radius 2 is 0.523 bits per heavy atom. The molecule has 522 valence electrons. The first-order valence-electron chi connectivity index (χ1n) is 36.1. The molecule has 0 heterocycles. The van der Waals surface area contributed by atoms with Crippen LogP contribution in [0, 0.1) is 5.92 Å². The maximum absolute atomic E-state index is 13.0. The zero-order valence-electron chi connectivity index (χ0n) is 56.9. The van der Waals surface area contributed by atoms with E-state index < -0.39 is 97.5 Å². The molecule has 0 aliphatic carbocycles. The minimum Gasteiger partial charge on any atom is -0.462 e. The maximum atomic E-state index is 13.0. The van der Waals surface area contributed by atoms with Crippen molar-refractivity contribution >= 4 is 39.5 Å². The van der Waals surface area contributed by atoms with Crippen LogP contribution in [0.15, 0.2) is 0 Å². The van der Waals surface area contributed by atoms with E-state index in [0.29, 0.717) is 25.7 Å². The predicted molar refractivity (Wildman–Crippen MR) is 354 cm³/mol. The zero-order chi connectivity index (χ0) is 64.9. The van der Waals surface area contributed by atoms with Crippen molar-refractivity contribution in [3.8, 4) is 0 Å². The Bertz CT molecular complexity index is 1700. The standard InChI is InChI=1S/C69H134O17P2/c1-6-9-12-15-18-21-23-24-25-26-28-35-40-45-50-55-69(74)86-65(59-80-67(72)53-48-43-38-33-30-29-32-36-41-46-51-62(4)5)61-84-88(77,78)82-57-63(70)56-81-87(75,76)83-60-64(58-79-66(71)52-47-42-37-31-20-17-14-11-8-3)85-68(73)54-49-44-39-34-27-22-19-16-13-10-7-2/h62-65,70H,6-61H2,1-5H3,(H,75,76)(H,77,78)/t63-,64+,65+/m0/s1. The summed E-state index contributed by atoms with van der Waals surface area (Å²) >= 11 is 0. The van der Waals surface area contributed by atoms with Crippen LogP contribution in [0.3, 0.4) is 0 Å². The number of phosphoric ester groups is 2. The van der Waals surface area contributed by atoms with Crippen molar-refractivity contribution in [2.24, 2.45) is 5.92 Å². The molecular weight excluding hydrogens is 1160 g/mol. The Hall–Kier alpha value is -1.94. The summed E-state index contributed by atoms with van der Waals surface area (Å²) in [7, 11) is -9.89. The third-order valence-corrected chi connectivity index (χ3v) is 17.9. The SMILES string of the molecule is CCCCCCCCCCCCCCCCCC(=O)O[C@H](COC(=O)CCCCCCCCCCCCC(C)C)COP(=O)(O)OC[C@@H](O)COP(=O)(O)OC[C@@H](COC(=O)CCCCCCCCCCC)OC(=O)CCCCCCCCCCCCC. The second-order valence-corrected chi connectivity index (χ2v) is 28.3. The first-order chi connectivity index (χ1) is 42.5. The van der Waals surface area contributed by atoms with Crippen LogP contribution in [0.5, 0.6) is 0 Å². The van der Waals surface area contributed by atoms with Crippen LogP contribution in [0.4, 0.5) is 0 Å². The summed E-state index contributed by atoms with van der Waals surface area (Å²) < 4.78 is 68.2. The van der Waals surface area contributed by atoms with E-state index >= 15 is 0 Å². The third-order valence-electron chi connectivity index (χ3n) is 16.0. The molecule has 0 saturated carbocycles. The highest BCUT2D eigenvalue weighted by molar-refractivity contribution is 7.47. The molecule has 0 aliphatic rings. The summed E-state index contributed by atoms with van der Waals surface area (Å²) in [6.07, 6.45) is 48.4. The molecule has 0 spiro atoms. The van der Waals surface area contributed by atoms with E-state index in [0.717, 1.165) is 95.8 Å². The normalized spacial score (nSPS) is 14.1. The molecule has 88 heavy (non-hydrogen) atoms. The monoisotopic (exact) mass is 1300 g/mol. The molecule has 0 aromatic carbocycles. The van der Waals surface area contributed by atoms with Crippen molar-refractivity contribution in [1.82, 2.24) is 0 Å². The number of carbonyl (C=O) groups is 4. The van der Waals surface area contributed by atoms with Crippen LogP contribution in [0.1, 0.15) is 356 Å². The van der Waals surface area contributed by atoms with E-state index in [1.54, 1.807) is 0 Å². The number of hydrogen-bond donors (Lipinski definition) is 3. The summed E-state index contributed by atoms with van der Waals surface area (Å²) in [4.78, 5) is 72.4. The van der Waals surface area contributed by atoms with Gasteiger partial charge in [-0.1, -0.05) is 304 Å². The number of rotatable bonds is 69. The number of aliphatic hydroxyl groups is 1. The number of hydrogen-bond acceptors (Lipinski definition) is 15. The van der Waals surface area contributed by atoms with Gasteiger partial charge in [-0.2, -0.15) is 0 Å². The van der Waals surface area contributed by atoms with Gasteiger partial charge in [-0.15, -0.1) is 0 Å². The van der Waals surface area contributed by atoms with Gasteiger partial charge in [0.1, 0.15) is 19.3 Å². The molecule has 0 aliphatic heterocycles. The van der Waals surface area contributed by atoms with Gasteiger partial charge in [-0.05, 0) is 31.6 Å². The number of ether oxygens (including phenoxy) is 4. The minimum absolute atomic E-state index is 0.107. The molecule has 19 heteroatoms. The molecule has 0 aromatic rings. The van der Waals surface area contributed by atoms with E-state index in [1.165, 1.54) is 180 Å². The van der Waals surface area contributed by atoms with Gasteiger partial charge < -0.3 is 33.8 Å². The van der Waals surface area contributed by atoms with E-state index in [2.05, 4.69) is 34.6 Å². The van der Waals surface area contributed by atoms with Crippen molar-refractivity contribution in [2.75, 3.05) is 39.6 Å². The molecule has 0 saturated heterocycles. The fourth-order valence-electron chi connectivity index (χ4n) is 10.5. The highest BCUT2D eigenvalue weighted by Crippen LogP contribution is 2.45. The lowest BCUT2D eigenvalue weighted by molar-refractivity contribution is -0.161. The summed E-state index contributed by atoms with van der Waals surface area (Å²) in [5, 5.41) is 10.6. The highest BCUT2D eigenvalue weighted by Gasteiger charge is 2.30. The number of phosphoric acid groups is 2. The topological polar surface area (TPSA) is 237 Å². The third kappa shape index (κ3) is 62.8. The van der Waals surface area contributed by atoms with Gasteiger partial charge in [0.15, 0.2) is 12.2 Å². The van der Waals surface area contributed by atoms with Crippen molar-refractivity contribution < 1.29 is 80.2 Å². The molecule has 0 rings (SSSR count). The Kier molecular flexibility index (Phi) is 61.1. The molecule has 0 fully saturated rings. The van der Waals surface area contributed by atoms with Crippen LogP contribution in [-0.4, -0.2) is 96.7 Å². The quantitative estimate of drug-likeness (QED) is 0.0222. The Balaban J connectivity index is 5.23. The lowest BCUT2D eigenvalue weighted by Gasteiger charge is -2.21. The van der Waals surface area contributed by atoms with E-state index in [-0.39, 0.29) is 25.7 Å². The second-order valence-electron chi connectivity index (χ2n) is 25.4. The second kappa shape index (κ2) is 62.5. The van der Waals surface area contributed by atoms with Gasteiger partial charge in [-0.3, -0.25) is 37.3 Å². The summed E-state index contributed by atoms with van der Waals surface area (Å²) in [5.41, 5.74) is 0. The fraction of sp³-hybridized carbons (Fsp3) is 0.942. The van der Waals surface area contributed by atoms with Gasteiger partial charge in [-0.25, -0.2) is 9.13 Å². The fourth-order valence-corrected chi connectivity index (χ4v) is 12.0. The molecule has 5 atom stereocenters. The van der Waals surface area contributed by atoms with Crippen molar-refractivity contribution in [3.63, 3.8) is 0 Å². The Morgan fingerprint density at radius 3 is 0.773 bits per heavy atom. The van der Waals surface area contributed by atoms with E-state index in [9.17, 15) is 43.2 Å². The number of aliphatic hydroxyl groups excluding tert-OH is 1. The van der Waals surface area contributed by atoms with Crippen molar-refractivity contribution in [2.45, 2.75) is 374 Å². The Labute approximate surface area is 537 Å². The maximum Gasteiger partial charge on any atom is 0.472 e. The van der Waals surface area contributed by atoms with E-state index in [1.807, 2.05) is 0 Å². The molecular formula is C69H134O17P2. The zero-order valence-corrected chi connectivity index (χ0v) is 58.6. The van der Waals surface area contributed by atoms with Crippen molar-refractivity contribution in [1.29, 1.82) is 0 Å². The van der Waals surface area contributed by atoms with E-state index in [4.69, 9.17) is 37.0 Å². The van der Waals surface area contributed by atoms with Gasteiger partial charge in [0, 0.05) is 25.7 Å². The minimum atomic E-state index is -4.95. The summed E-state index contributed by atoms with van der Waals surface area (Å²) in [5.74, 6) is -1.36. The average molecular weight is 1300 g/mol. The van der Waals surface area contributed by atoms with Crippen LogP contribution in [0.2, 0.25) is 0 Å². The smallest absolute Gasteiger partial charge is 0.462 e. The van der Waals surface area contributed by atoms with Crippen LogP contribution >= 0.6 is 15.6 Å². The lowest BCUT2D eigenvalue weighted by Crippen LogP contribution is -2.30. The van der Waals surface area contributed by atoms with Crippen molar-refractivity contribution in [3.05, 3.63) is 0 Å². The predicted octanol–water partition coefficient (Wildman–Crippen LogP) is 19.7. The van der Waals surface area contributed by atoms with Crippen LogP contribution in [0.25, 0.3) is 0 Å². The number of esters is 4. The first kappa shape index (κ1) is 86.1. The summed E-state index contributed by atoms with van der Waals surface area (Å²) in [6, 6.07) is 0. The van der Waals surface area contributed by atoms with Crippen LogP contribution < -0.4 is 0 Å². The molecule has 2 unspecified atom stereocenters. The molecule has 0 aromatic heterocycles. The molecule has 0 amide bonds. The highest BCUT2D eigenvalue weighted by atomic mass is 31.2. The molecule has 3 N–H and O–H groups in total. The van der Waals surface area contributed by atoms with Gasteiger partial charge in [0.2, 0.25) is 0 Å². The van der Waals surface area contributed by atoms with Gasteiger partial charge in [0.05, 0.1) is 26.4 Å². The molecule has 0 bridgehead atoms. The Morgan fingerprint density at radius 1 is 0.307 bits per heavy atom. The largest absolute Gasteiger partial charge is 0.472 e. The first-order valence-corrected chi connectivity index (χ1v) is 39.1. The number of unbranched alkanes of at least 4 members (excludes halogenated alkanes) is 41. The lowest BCUT2D eigenvalue weighted by atomic mass is 10.0. The van der Waals surface area contributed by atoms with Gasteiger partial charge in [0.25, 0.3) is 0 Å². The molecule has 0 radical (unpaired) electrons. The molecule has 17 nitrogen and oxygen atoms in total. The summed E-state index contributed by atoms with van der Waals surface area (Å²) in [6.45, 7) is 7.22. The van der Waals surface area contributed by atoms with Crippen LogP contribution in [-0.2, 0) is 65.4 Å².